The van der Waals surface area contributed by atoms with Gasteiger partial charge in [-0.2, -0.15) is 0 Å². The smallest absolute Gasteiger partial charge is 0.264 e. The number of nitrogens with zero attached hydrogens (tertiary/aromatic N) is 2. The number of nitrogens with one attached hydrogen (secondary N) is 1. The number of hydrogen-bond acceptors (Lipinski definition) is 5. The Labute approximate surface area is 257 Å². The first kappa shape index (κ1) is 31.7. The van der Waals surface area contributed by atoms with Gasteiger partial charge in [-0.1, -0.05) is 66.7 Å². The SMILES string of the molecule is COc1ccc(N(CC(=O)N(Cc2ccc(Cl)c(Cl)c2)[C@@H](C)C(=O)NC2CCCCC2)S(=O)(=O)c2ccccc2)cc1. The maximum Gasteiger partial charge on any atom is 0.264 e. The van der Waals surface area contributed by atoms with Crippen molar-refractivity contribution in [1.82, 2.24) is 10.2 Å². The molecule has 8 nitrogen and oxygen atoms in total. The van der Waals surface area contributed by atoms with Crippen molar-refractivity contribution in [3.63, 3.8) is 0 Å². The Hall–Kier alpha value is -3.27. The molecule has 2 amide bonds. The fraction of sp³-hybridized carbons (Fsp3) is 0.355. The summed E-state index contributed by atoms with van der Waals surface area (Å²) >= 11 is 12.4. The van der Waals surface area contributed by atoms with Gasteiger partial charge in [0, 0.05) is 12.6 Å². The quantitative estimate of drug-likeness (QED) is 0.277. The Morgan fingerprint density at radius 2 is 1.62 bits per heavy atom. The Kier molecular flexibility index (Phi) is 10.8. The van der Waals surface area contributed by atoms with Crippen molar-refractivity contribution in [1.29, 1.82) is 0 Å². The number of anilines is 1. The van der Waals surface area contributed by atoms with E-state index in [1.807, 2.05) is 0 Å². The van der Waals surface area contributed by atoms with Gasteiger partial charge in [-0.05, 0) is 73.9 Å². The molecule has 3 aromatic rings. The highest BCUT2D eigenvalue weighted by Gasteiger charge is 2.33. The van der Waals surface area contributed by atoms with Crippen LogP contribution in [0, 0.1) is 0 Å². The number of rotatable bonds is 11. The molecule has 0 spiro atoms. The molecule has 1 fully saturated rings. The summed E-state index contributed by atoms with van der Waals surface area (Å²) in [5.74, 6) is -0.309. The second-order valence-corrected chi connectivity index (χ2v) is 13.0. The predicted molar refractivity (Wildman–Crippen MR) is 165 cm³/mol. The van der Waals surface area contributed by atoms with E-state index in [-0.39, 0.29) is 29.1 Å². The molecule has 1 aliphatic carbocycles. The van der Waals surface area contributed by atoms with Crippen LogP contribution in [0.25, 0.3) is 0 Å². The van der Waals surface area contributed by atoms with Gasteiger partial charge < -0.3 is 15.0 Å². The zero-order valence-corrected chi connectivity index (χ0v) is 26.0. The van der Waals surface area contributed by atoms with Gasteiger partial charge in [0.1, 0.15) is 18.3 Å². The average molecular weight is 633 g/mol. The largest absolute Gasteiger partial charge is 0.497 e. The maximum atomic E-state index is 14.1. The van der Waals surface area contributed by atoms with Crippen LogP contribution in [0.2, 0.25) is 10.0 Å². The molecule has 224 valence electrons. The van der Waals surface area contributed by atoms with E-state index in [4.69, 9.17) is 27.9 Å². The van der Waals surface area contributed by atoms with Crippen LogP contribution in [0.3, 0.4) is 0 Å². The third kappa shape index (κ3) is 7.76. The van der Waals surface area contributed by atoms with Crippen LogP contribution < -0.4 is 14.4 Å². The molecular formula is C31H35Cl2N3O5S. The number of benzene rings is 3. The lowest BCUT2D eigenvalue weighted by Gasteiger charge is -2.33. The minimum atomic E-state index is -4.15. The van der Waals surface area contributed by atoms with Crippen molar-refractivity contribution in [2.45, 2.75) is 62.6 Å². The Morgan fingerprint density at radius 3 is 2.24 bits per heavy atom. The molecule has 1 N–H and O–H groups in total. The van der Waals surface area contributed by atoms with E-state index >= 15 is 0 Å². The summed E-state index contributed by atoms with van der Waals surface area (Å²) in [6.07, 6.45) is 5.00. The number of methoxy groups -OCH3 is 1. The van der Waals surface area contributed by atoms with E-state index in [2.05, 4.69) is 5.32 Å². The van der Waals surface area contributed by atoms with E-state index in [1.165, 1.54) is 24.1 Å². The molecule has 11 heteroatoms. The fourth-order valence-corrected chi connectivity index (χ4v) is 6.74. The standard InChI is InChI=1S/C31H35Cl2N3O5S/c1-22(31(38)34-24-9-5-3-6-10-24)35(20-23-13-18-28(32)29(33)19-23)30(37)21-36(25-14-16-26(41-2)17-15-25)42(39,40)27-11-7-4-8-12-27/h4,7-8,11-19,22,24H,3,5-6,9-10,20-21H2,1-2H3,(H,34,38)/t22-/m0/s1. The van der Waals surface area contributed by atoms with Crippen LogP contribution in [0.5, 0.6) is 5.75 Å². The second kappa shape index (κ2) is 14.3. The third-order valence-corrected chi connectivity index (χ3v) is 9.95. The number of amides is 2. The minimum absolute atomic E-state index is 0.0246. The molecule has 1 saturated carbocycles. The van der Waals surface area contributed by atoms with Gasteiger partial charge in [-0.25, -0.2) is 8.42 Å². The molecule has 0 saturated heterocycles. The summed E-state index contributed by atoms with van der Waals surface area (Å²) in [5, 5.41) is 3.76. The van der Waals surface area contributed by atoms with Gasteiger partial charge in [-0.15, -0.1) is 0 Å². The zero-order chi connectivity index (χ0) is 30.3. The van der Waals surface area contributed by atoms with E-state index in [1.54, 1.807) is 67.6 Å². The van der Waals surface area contributed by atoms with E-state index in [9.17, 15) is 18.0 Å². The summed E-state index contributed by atoms with van der Waals surface area (Å²) in [6, 6.07) is 18.5. The van der Waals surface area contributed by atoms with E-state index in [0.717, 1.165) is 36.4 Å². The van der Waals surface area contributed by atoms with Crippen molar-refractivity contribution in [3.05, 3.63) is 88.4 Å². The van der Waals surface area contributed by atoms with Gasteiger partial charge in [0.2, 0.25) is 11.8 Å². The second-order valence-electron chi connectivity index (χ2n) is 10.3. The first-order valence-corrected chi connectivity index (χ1v) is 16.1. The van der Waals surface area contributed by atoms with Crippen LogP contribution in [0.1, 0.15) is 44.6 Å². The van der Waals surface area contributed by atoms with Crippen LogP contribution in [0.15, 0.2) is 77.7 Å². The van der Waals surface area contributed by atoms with Crippen molar-refractivity contribution < 1.29 is 22.7 Å². The summed E-state index contributed by atoms with van der Waals surface area (Å²) in [7, 11) is -2.64. The number of carbonyl (C=O) groups excluding carboxylic acids is 2. The molecular weight excluding hydrogens is 597 g/mol. The summed E-state index contributed by atoms with van der Waals surface area (Å²) < 4.78 is 34.0. The lowest BCUT2D eigenvalue weighted by Crippen LogP contribution is -2.53. The molecule has 0 heterocycles. The predicted octanol–water partition coefficient (Wildman–Crippen LogP) is 6.06. The molecule has 4 rings (SSSR count). The molecule has 0 bridgehead atoms. The molecule has 0 unspecified atom stereocenters. The lowest BCUT2D eigenvalue weighted by molar-refractivity contribution is -0.139. The van der Waals surface area contributed by atoms with Gasteiger partial charge in [0.15, 0.2) is 0 Å². The van der Waals surface area contributed by atoms with Crippen molar-refractivity contribution >= 4 is 50.7 Å². The topological polar surface area (TPSA) is 96.0 Å². The van der Waals surface area contributed by atoms with Crippen LogP contribution in [-0.4, -0.2) is 50.9 Å². The first-order valence-electron chi connectivity index (χ1n) is 13.9. The molecule has 0 aliphatic heterocycles. The Morgan fingerprint density at radius 1 is 0.952 bits per heavy atom. The summed E-state index contributed by atoms with van der Waals surface area (Å²) in [6.45, 7) is 1.14. The number of halogens is 2. The number of hydrogen-bond donors (Lipinski definition) is 1. The molecule has 0 radical (unpaired) electrons. The van der Waals surface area contributed by atoms with Crippen LogP contribution >= 0.6 is 23.2 Å². The molecule has 3 aromatic carbocycles. The van der Waals surface area contributed by atoms with Crippen LogP contribution in [-0.2, 0) is 26.2 Å². The normalized spacial score (nSPS) is 14.6. The average Bonchev–Trinajstić information content (AvgIpc) is 3.00. The Balaban J connectivity index is 1.68. The van der Waals surface area contributed by atoms with Crippen LogP contribution in [0.4, 0.5) is 5.69 Å². The molecule has 0 aromatic heterocycles. The van der Waals surface area contributed by atoms with Gasteiger partial charge in [-0.3, -0.25) is 13.9 Å². The molecule has 1 aliphatic rings. The third-order valence-electron chi connectivity index (χ3n) is 7.43. The minimum Gasteiger partial charge on any atom is -0.497 e. The lowest BCUT2D eigenvalue weighted by atomic mass is 9.95. The molecule has 42 heavy (non-hydrogen) atoms. The van der Waals surface area contributed by atoms with Gasteiger partial charge in [0.05, 0.1) is 27.7 Å². The van der Waals surface area contributed by atoms with Gasteiger partial charge >= 0.3 is 0 Å². The monoisotopic (exact) mass is 631 g/mol. The summed E-state index contributed by atoms with van der Waals surface area (Å²) in [4.78, 5) is 28.9. The molecule has 1 atom stereocenters. The fourth-order valence-electron chi connectivity index (χ4n) is 4.98. The van der Waals surface area contributed by atoms with Crippen molar-refractivity contribution in [2.75, 3.05) is 18.0 Å². The highest BCUT2D eigenvalue weighted by atomic mass is 35.5. The highest BCUT2D eigenvalue weighted by Crippen LogP contribution is 2.28. The number of sulfonamides is 1. The number of ether oxygens (including phenoxy) is 1. The zero-order valence-electron chi connectivity index (χ0n) is 23.6. The summed E-state index contributed by atoms with van der Waals surface area (Å²) in [5.41, 5.74) is 0.929. The van der Waals surface area contributed by atoms with E-state index < -0.39 is 28.5 Å². The number of carbonyl (C=O) groups is 2. The maximum absolute atomic E-state index is 14.1. The van der Waals surface area contributed by atoms with Gasteiger partial charge in [0.25, 0.3) is 10.0 Å². The highest BCUT2D eigenvalue weighted by molar-refractivity contribution is 7.92. The van der Waals surface area contributed by atoms with Crippen molar-refractivity contribution in [3.8, 4) is 5.75 Å². The van der Waals surface area contributed by atoms with Crippen molar-refractivity contribution in [2.24, 2.45) is 0 Å². The Bertz CT molecular complexity index is 1480. The van der Waals surface area contributed by atoms with E-state index in [0.29, 0.717) is 21.4 Å². The first-order chi connectivity index (χ1) is 20.1.